The van der Waals surface area contributed by atoms with Crippen LogP contribution >= 0.6 is 0 Å². The maximum absolute atomic E-state index is 13.0. The van der Waals surface area contributed by atoms with E-state index >= 15 is 0 Å². The zero-order valence-electron chi connectivity index (χ0n) is 11.3. The van der Waals surface area contributed by atoms with Gasteiger partial charge in [-0.15, -0.1) is 0 Å². The van der Waals surface area contributed by atoms with Gasteiger partial charge in [0.05, 0.1) is 0 Å². The van der Waals surface area contributed by atoms with Crippen LogP contribution < -0.4 is 11.1 Å². The van der Waals surface area contributed by atoms with E-state index in [2.05, 4.69) is 5.32 Å². The number of hydrogen-bond acceptors (Lipinski definition) is 2. The Kier molecular flexibility index (Phi) is 4.20. The van der Waals surface area contributed by atoms with Crippen LogP contribution in [-0.4, -0.2) is 18.5 Å². The minimum absolute atomic E-state index is 0.0108. The Hall–Kier alpha value is -1.42. The molecule has 104 valence electrons. The molecule has 1 atom stereocenters. The van der Waals surface area contributed by atoms with Crippen LogP contribution in [0.5, 0.6) is 0 Å². The van der Waals surface area contributed by atoms with E-state index in [-0.39, 0.29) is 23.2 Å². The van der Waals surface area contributed by atoms with Gasteiger partial charge in [-0.25, -0.2) is 4.39 Å². The van der Waals surface area contributed by atoms with E-state index in [4.69, 9.17) is 5.73 Å². The van der Waals surface area contributed by atoms with Crippen LogP contribution in [0.2, 0.25) is 0 Å². The molecule has 19 heavy (non-hydrogen) atoms. The maximum Gasteiger partial charge on any atom is 0.221 e. The van der Waals surface area contributed by atoms with Crippen molar-refractivity contribution in [3.63, 3.8) is 0 Å². The smallest absolute Gasteiger partial charge is 0.221 e. The average Bonchev–Trinajstić information content (AvgIpc) is 2.29. The zero-order chi connectivity index (χ0) is 13.9. The molecule has 0 radical (unpaired) electrons. The van der Waals surface area contributed by atoms with Gasteiger partial charge in [-0.05, 0) is 37.5 Å². The molecule has 1 aliphatic rings. The molecule has 0 bridgehead atoms. The van der Waals surface area contributed by atoms with Gasteiger partial charge in [-0.1, -0.05) is 18.6 Å². The fourth-order valence-electron chi connectivity index (χ4n) is 2.61. The second-order valence-electron chi connectivity index (χ2n) is 5.60. The van der Waals surface area contributed by atoms with Crippen molar-refractivity contribution in [1.82, 2.24) is 5.32 Å². The highest BCUT2D eigenvalue weighted by atomic mass is 19.1. The lowest BCUT2D eigenvalue weighted by molar-refractivity contribution is -0.121. The number of amides is 1. The summed E-state index contributed by atoms with van der Waals surface area (Å²) in [5.74, 6) is -0.234. The molecule has 3 nitrogen and oxygen atoms in total. The molecule has 3 N–H and O–H groups in total. The predicted molar refractivity (Wildman–Crippen MR) is 73.2 cm³/mol. The lowest BCUT2D eigenvalue weighted by Gasteiger charge is -2.42. The van der Waals surface area contributed by atoms with Crippen molar-refractivity contribution >= 4 is 5.91 Å². The summed E-state index contributed by atoms with van der Waals surface area (Å²) >= 11 is 0. The van der Waals surface area contributed by atoms with Crippen LogP contribution in [0.25, 0.3) is 0 Å². The molecule has 0 aromatic heterocycles. The average molecular weight is 264 g/mol. The van der Waals surface area contributed by atoms with E-state index in [1.807, 2.05) is 19.1 Å². The topological polar surface area (TPSA) is 55.1 Å². The molecule has 0 heterocycles. The van der Waals surface area contributed by atoms with Crippen LogP contribution in [0.1, 0.15) is 38.2 Å². The van der Waals surface area contributed by atoms with Crippen molar-refractivity contribution < 1.29 is 9.18 Å². The van der Waals surface area contributed by atoms with Gasteiger partial charge in [0, 0.05) is 24.4 Å². The number of carbonyl (C=O) groups is 1. The fraction of sp³-hybridized carbons (Fsp3) is 0.533. The Labute approximate surface area is 113 Å². The highest BCUT2D eigenvalue weighted by Gasteiger charge is 2.38. The summed E-state index contributed by atoms with van der Waals surface area (Å²) in [6, 6.07) is 6.50. The molecule has 1 unspecified atom stereocenters. The molecule has 0 spiro atoms. The first kappa shape index (κ1) is 14.0. The molecule has 1 saturated carbocycles. The molecule has 1 amide bonds. The first-order chi connectivity index (χ1) is 9.02. The fourth-order valence-corrected chi connectivity index (χ4v) is 2.61. The monoisotopic (exact) mass is 264 g/mol. The van der Waals surface area contributed by atoms with Gasteiger partial charge in [-0.2, -0.15) is 0 Å². The van der Waals surface area contributed by atoms with Crippen molar-refractivity contribution in [2.24, 2.45) is 5.73 Å². The number of hydrogen-bond donors (Lipinski definition) is 2. The lowest BCUT2D eigenvalue weighted by atomic mass is 9.64. The van der Waals surface area contributed by atoms with E-state index < -0.39 is 0 Å². The van der Waals surface area contributed by atoms with Crippen molar-refractivity contribution in [1.29, 1.82) is 0 Å². The van der Waals surface area contributed by atoms with Crippen LogP contribution in [0.4, 0.5) is 4.39 Å². The minimum Gasteiger partial charge on any atom is -0.355 e. The normalized spacial score (nSPS) is 18.5. The third kappa shape index (κ3) is 3.32. The Morgan fingerprint density at radius 3 is 2.53 bits per heavy atom. The predicted octanol–water partition coefficient (Wildman–Crippen LogP) is 2.10. The first-order valence-corrected chi connectivity index (χ1v) is 6.80. The summed E-state index contributed by atoms with van der Waals surface area (Å²) in [5.41, 5.74) is 6.70. The highest BCUT2D eigenvalue weighted by Crippen LogP contribution is 2.43. The van der Waals surface area contributed by atoms with Gasteiger partial charge in [0.15, 0.2) is 0 Å². The van der Waals surface area contributed by atoms with E-state index in [9.17, 15) is 9.18 Å². The Balaban J connectivity index is 1.99. The molecule has 0 aliphatic heterocycles. The number of rotatable bonds is 5. The van der Waals surface area contributed by atoms with E-state index in [0.29, 0.717) is 13.0 Å². The van der Waals surface area contributed by atoms with Crippen molar-refractivity contribution in [2.45, 2.75) is 44.1 Å². The SMILES string of the molecule is CC(N)CC(=O)NCC1(c2ccc(F)cc2)CCC1. The third-order valence-electron chi connectivity index (χ3n) is 3.90. The Morgan fingerprint density at radius 2 is 2.05 bits per heavy atom. The van der Waals surface area contributed by atoms with Gasteiger partial charge in [0.25, 0.3) is 0 Å². The standard InChI is InChI=1S/C15H21FN2O/c1-11(17)9-14(19)18-10-15(7-2-8-15)12-3-5-13(16)6-4-12/h3-6,11H,2,7-10,17H2,1H3,(H,18,19). The second kappa shape index (κ2) is 5.70. The van der Waals surface area contributed by atoms with Gasteiger partial charge < -0.3 is 11.1 Å². The van der Waals surface area contributed by atoms with Gasteiger partial charge >= 0.3 is 0 Å². The van der Waals surface area contributed by atoms with Crippen LogP contribution in [0.15, 0.2) is 24.3 Å². The molecular weight excluding hydrogens is 243 g/mol. The maximum atomic E-state index is 13.0. The number of halogens is 1. The van der Waals surface area contributed by atoms with E-state index in [1.165, 1.54) is 12.1 Å². The third-order valence-corrected chi connectivity index (χ3v) is 3.90. The second-order valence-corrected chi connectivity index (χ2v) is 5.60. The van der Waals surface area contributed by atoms with Crippen LogP contribution in [-0.2, 0) is 10.2 Å². The van der Waals surface area contributed by atoms with Crippen molar-refractivity contribution in [3.8, 4) is 0 Å². The molecule has 1 fully saturated rings. The molecule has 0 saturated heterocycles. The quantitative estimate of drug-likeness (QED) is 0.855. The van der Waals surface area contributed by atoms with Gasteiger partial charge in [-0.3, -0.25) is 4.79 Å². The van der Waals surface area contributed by atoms with Crippen molar-refractivity contribution in [3.05, 3.63) is 35.6 Å². The summed E-state index contributed by atoms with van der Waals surface area (Å²) in [4.78, 5) is 11.7. The van der Waals surface area contributed by atoms with Crippen LogP contribution in [0.3, 0.4) is 0 Å². The van der Waals surface area contributed by atoms with E-state index in [1.54, 1.807) is 0 Å². The lowest BCUT2D eigenvalue weighted by Crippen LogP contribution is -2.46. The number of nitrogens with two attached hydrogens (primary N) is 1. The van der Waals surface area contributed by atoms with Crippen LogP contribution in [0, 0.1) is 5.82 Å². The van der Waals surface area contributed by atoms with Gasteiger partial charge in [0.1, 0.15) is 5.82 Å². The minimum atomic E-state index is -0.223. The summed E-state index contributed by atoms with van der Waals surface area (Å²) in [5, 5.41) is 2.96. The summed E-state index contributed by atoms with van der Waals surface area (Å²) in [6.07, 6.45) is 3.58. The number of carbonyl (C=O) groups excluding carboxylic acids is 1. The zero-order valence-corrected chi connectivity index (χ0v) is 11.3. The van der Waals surface area contributed by atoms with E-state index in [0.717, 1.165) is 24.8 Å². The molecule has 1 aromatic rings. The molecular formula is C15H21FN2O. The summed E-state index contributed by atoms with van der Waals surface area (Å²) < 4.78 is 13.0. The number of benzene rings is 1. The largest absolute Gasteiger partial charge is 0.355 e. The highest BCUT2D eigenvalue weighted by molar-refractivity contribution is 5.76. The molecule has 1 aliphatic carbocycles. The summed E-state index contributed by atoms with van der Waals surface area (Å²) in [7, 11) is 0. The van der Waals surface area contributed by atoms with Crippen molar-refractivity contribution in [2.75, 3.05) is 6.54 Å². The molecule has 1 aromatic carbocycles. The number of nitrogens with one attached hydrogen (secondary N) is 1. The molecule has 2 rings (SSSR count). The van der Waals surface area contributed by atoms with Gasteiger partial charge in [0.2, 0.25) is 5.91 Å². The first-order valence-electron chi connectivity index (χ1n) is 6.80. The molecule has 4 heteroatoms. The Bertz CT molecular complexity index is 438. The Morgan fingerprint density at radius 1 is 1.42 bits per heavy atom. The summed E-state index contributed by atoms with van der Waals surface area (Å²) in [6.45, 7) is 2.43.